The van der Waals surface area contributed by atoms with E-state index < -0.39 is 72.0 Å². The van der Waals surface area contributed by atoms with E-state index in [1.807, 2.05) is 37.3 Å². The van der Waals surface area contributed by atoms with E-state index in [1.165, 1.54) is 0 Å². The Kier molecular flexibility index (Phi) is 9.86. The van der Waals surface area contributed by atoms with Gasteiger partial charge in [0.15, 0.2) is 0 Å². The average molecular weight is 750 g/mol. The Labute approximate surface area is 306 Å². The number of hydrogen-bond donors (Lipinski definition) is 2. The van der Waals surface area contributed by atoms with Crippen molar-refractivity contribution in [2.24, 2.45) is 17.8 Å². The maximum absolute atomic E-state index is 14.2. The number of nitrogens with zero attached hydrogens (tertiary/aromatic N) is 1. The number of aromatic hydroxyl groups is 1. The number of fused-ring (bicyclic) bond motifs is 4. The molecule has 2 amide bonds. The Morgan fingerprint density at radius 2 is 1.54 bits per heavy atom. The van der Waals surface area contributed by atoms with Gasteiger partial charge in [-0.1, -0.05) is 60.2 Å². The molecule has 0 radical (unpaired) electrons. The summed E-state index contributed by atoms with van der Waals surface area (Å²) in [4.78, 5) is 28.6. The summed E-state index contributed by atoms with van der Waals surface area (Å²) in [5.41, 5.74) is -1.08. The van der Waals surface area contributed by atoms with Gasteiger partial charge in [0.05, 0.1) is 34.8 Å². The largest absolute Gasteiger partial charge is 0.507 e. The van der Waals surface area contributed by atoms with E-state index in [1.54, 1.807) is 42.5 Å². The van der Waals surface area contributed by atoms with Crippen LogP contribution in [0.5, 0.6) is 11.5 Å². The van der Waals surface area contributed by atoms with Crippen LogP contribution in [0, 0.1) is 17.8 Å². The summed E-state index contributed by atoms with van der Waals surface area (Å²) in [5.74, 6) is -4.31. The minimum Gasteiger partial charge on any atom is -0.507 e. The molecule has 7 nitrogen and oxygen atoms in total. The van der Waals surface area contributed by atoms with E-state index in [9.17, 15) is 46.1 Å². The van der Waals surface area contributed by atoms with Gasteiger partial charge in [-0.25, -0.2) is 4.90 Å². The third-order valence-corrected chi connectivity index (χ3v) is 10.4. The van der Waals surface area contributed by atoms with Crippen LogP contribution < -0.4 is 9.64 Å². The molecule has 14 heteroatoms. The average Bonchev–Trinajstić information content (AvgIpc) is 3.38. The van der Waals surface area contributed by atoms with Crippen LogP contribution in [0.1, 0.15) is 42.9 Å². The molecule has 2 fully saturated rings. The molecule has 0 spiro atoms. The number of amides is 2. The van der Waals surface area contributed by atoms with Crippen LogP contribution >= 0.6 is 0 Å². The summed E-state index contributed by atoms with van der Waals surface area (Å²) >= 11 is 0. The van der Waals surface area contributed by atoms with Gasteiger partial charge in [0.2, 0.25) is 11.8 Å². The molecule has 280 valence electrons. The summed E-state index contributed by atoms with van der Waals surface area (Å²) in [6.07, 6.45) is -8.54. The predicted molar refractivity (Wildman–Crippen MR) is 189 cm³/mol. The van der Waals surface area contributed by atoms with Crippen molar-refractivity contribution in [3.63, 3.8) is 0 Å². The Morgan fingerprint density at radius 3 is 2.20 bits per heavy atom. The smallest absolute Gasteiger partial charge is 0.455 e. The fraction of sp³-hybridized carbons (Fsp3) is 0.300. The molecule has 4 atom stereocenters. The monoisotopic (exact) mass is 749 g/mol. The van der Waals surface area contributed by atoms with Crippen LogP contribution in [-0.4, -0.2) is 41.8 Å². The fourth-order valence-electron chi connectivity index (χ4n) is 8.03. The Bertz CT molecular complexity index is 2140. The maximum atomic E-state index is 14.2. The van der Waals surface area contributed by atoms with Crippen molar-refractivity contribution in [2.75, 3.05) is 11.5 Å². The molecule has 0 bridgehead atoms. The van der Waals surface area contributed by atoms with Gasteiger partial charge in [-0.2, -0.15) is 26.3 Å². The van der Waals surface area contributed by atoms with E-state index in [4.69, 9.17) is 9.39 Å². The van der Waals surface area contributed by atoms with E-state index in [0.29, 0.717) is 52.2 Å². The SMILES string of the molecule is C/C(=C\c1ccc(O)c2ccccc12)CC[C@H]1OB(O)C[C@H]2C1=C(COc1ccccc1)C[C@H]1C(=O)N(c3cc(C(F)(F)F)cc(C(F)(F)F)c3)C(=O)[C@H]12. The lowest BCUT2D eigenvalue weighted by atomic mass is 9.58. The molecule has 2 N–H and O–H groups in total. The molecule has 2 saturated heterocycles. The van der Waals surface area contributed by atoms with Crippen LogP contribution in [0.3, 0.4) is 0 Å². The second-order valence-corrected chi connectivity index (χ2v) is 13.9. The highest BCUT2D eigenvalue weighted by atomic mass is 19.4. The minimum absolute atomic E-state index is 0.0351. The molecule has 4 aromatic rings. The second kappa shape index (κ2) is 14.3. The number of allylic oxidation sites excluding steroid dienone is 1. The minimum atomic E-state index is -5.19. The first-order valence-corrected chi connectivity index (χ1v) is 17.4. The van der Waals surface area contributed by atoms with E-state index >= 15 is 0 Å². The first-order valence-electron chi connectivity index (χ1n) is 17.4. The van der Waals surface area contributed by atoms with Gasteiger partial charge in [-0.05, 0) is 96.9 Å². The highest BCUT2D eigenvalue weighted by Crippen LogP contribution is 2.52. The summed E-state index contributed by atoms with van der Waals surface area (Å²) in [5, 5.41) is 22.9. The van der Waals surface area contributed by atoms with E-state index in [0.717, 1.165) is 16.5 Å². The van der Waals surface area contributed by atoms with Gasteiger partial charge in [-0.15, -0.1) is 0 Å². The number of ether oxygens (including phenoxy) is 1. The quantitative estimate of drug-likeness (QED) is 0.0810. The number of phenolic OH excluding ortho intramolecular Hbond substituents is 1. The number of halogens is 6. The predicted octanol–water partition coefficient (Wildman–Crippen LogP) is 8.85. The van der Waals surface area contributed by atoms with Gasteiger partial charge < -0.3 is 19.5 Å². The highest BCUT2D eigenvalue weighted by molar-refractivity contribution is 6.43. The zero-order valence-corrected chi connectivity index (χ0v) is 28.8. The number of para-hydroxylation sites is 1. The van der Waals surface area contributed by atoms with Crippen LogP contribution in [-0.2, 0) is 26.6 Å². The number of hydrogen-bond acceptors (Lipinski definition) is 6. The van der Waals surface area contributed by atoms with Gasteiger partial charge >= 0.3 is 19.5 Å². The third-order valence-electron chi connectivity index (χ3n) is 10.4. The molecule has 2 heterocycles. The number of rotatable bonds is 8. The lowest BCUT2D eigenvalue weighted by Gasteiger charge is -2.43. The zero-order chi connectivity index (χ0) is 38.5. The summed E-state index contributed by atoms with van der Waals surface area (Å²) in [6, 6.07) is 20.3. The van der Waals surface area contributed by atoms with Gasteiger partial charge in [0.1, 0.15) is 18.1 Å². The number of carbonyl (C=O) groups is 2. The van der Waals surface area contributed by atoms with E-state index in [-0.39, 0.29) is 31.2 Å². The molecule has 3 aliphatic rings. The van der Waals surface area contributed by atoms with Crippen molar-refractivity contribution in [3.05, 3.63) is 118 Å². The number of carbonyl (C=O) groups excluding carboxylic acids is 2. The van der Waals surface area contributed by atoms with Crippen molar-refractivity contribution in [1.82, 2.24) is 0 Å². The van der Waals surface area contributed by atoms with Gasteiger partial charge in [0.25, 0.3) is 0 Å². The molecule has 54 heavy (non-hydrogen) atoms. The Hall–Kier alpha value is -5.08. The van der Waals surface area contributed by atoms with Gasteiger partial charge in [0, 0.05) is 5.39 Å². The summed E-state index contributed by atoms with van der Waals surface area (Å²) < 4.78 is 95.0. The summed E-state index contributed by atoms with van der Waals surface area (Å²) in [6.45, 7) is 1.89. The van der Waals surface area contributed by atoms with Crippen LogP contribution in [0.15, 0.2) is 102 Å². The van der Waals surface area contributed by atoms with Crippen molar-refractivity contribution in [3.8, 4) is 11.5 Å². The second-order valence-electron chi connectivity index (χ2n) is 13.9. The van der Waals surface area contributed by atoms with Crippen molar-refractivity contribution in [2.45, 2.75) is 51.0 Å². The Morgan fingerprint density at radius 1 is 0.889 bits per heavy atom. The normalized spacial score (nSPS) is 22.2. The molecule has 0 saturated carbocycles. The van der Waals surface area contributed by atoms with E-state index in [2.05, 4.69) is 0 Å². The first kappa shape index (κ1) is 37.2. The van der Waals surface area contributed by atoms with Crippen LogP contribution in [0.4, 0.5) is 32.0 Å². The number of imide groups is 1. The molecule has 2 aliphatic heterocycles. The highest BCUT2D eigenvalue weighted by Gasteiger charge is 2.58. The standard InChI is InChI=1S/C40H34BF6NO6/c1-22(15-23-12-13-33(49)30-10-6-5-9-29(23)30)11-14-34-35-24(21-53-28-7-3-2-4-8-28)16-31-36(32(35)20-41(52)54-34)38(51)48(37(31)50)27-18-25(39(42,43)44)17-26(19-27)40(45,46)47/h2-10,12-13,15,17-19,31-32,34,36,49,52H,11,14,16,20-21H2,1H3/b22-15+/t31-,32+,34-,36-/m1/s1. The van der Waals surface area contributed by atoms with Gasteiger partial charge in [-0.3, -0.25) is 9.59 Å². The lowest BCUT2D eigenvalue weighted by molar-refractivity contribution is -0.143. The van der Waals surface area contributed by atoms with Crippen molar-refractivity contribution in [1.29, 1.82) is 0 Å². The topological polar surface area (TPSA) is 96.3 Å². The van der Waals surface area contributed by atoms with Crippen LogP contribution in [0.2, 0.25) is 6.32 Å². The van der Waals surface area contributed by atoms with Crippen molar-refractivity contribution >= 4 is 41.5 Å². The first-order chi connectivity index (χ1) is 25.6. The molecular weight excluding hydrogens is 715 g/mol. The maximum Gasteiger partial charge on any atom is 0.455 e. The zero-order valence-electron chi connectivity index (χ0n) is 28.8. The lowest BCUT2D eigenvalue weighted by Crippen LogP contribution is -2.46. The third kappa shape index (κ3) is 7.24. The number of alkyl halides is 6. The number of phenols is 1. The molecule has 1 aliphatic carbocycles. The Balaban J connectivity index is 1.23. The molecule has 4 aromatic carbocycles. The number of benzene rings is 4. The molecule has 7 rings (SSSR count). The fourth-order valence-corrected chi connectivity index (χ4v) is 8.03. The summed E-state index contributed by atoms with van der Waals surface area (Å²) in [7, 11) is -1.37. The molecule has 0 aromatic heterocycles. The molecule has 0 unspecified atom stereocenters. The molecular formula is C40H34BF6NO6. The van der Waals surface area contributed by atoms with Crippen molar-refractivity contribution < 1.29 is 55.5 Å². The van der Waals surface area contributed by atoms with Crippen LogP contribution in [0.25, 0.3) is 16.8 Å². The number of anilines is 1.